The number of terminal acetylenes is 1. The molecule has 30 heavy (non-hydrogen) atoms. The molecule has 0 aliphatic heterocycles. The third-order valence-electron chi connectivity index (χ3n) is 5.18. The number of hydrogen-bond acceptors (Lipinski definition) is 2. The predicted octanol–water partition coefficient (Wildman–Crippen LogP) is 7.05. The third-order valence-corrected chi connectivity index (χ3v) is 5.18. The lowest BCUT2D eigenvalue weighted by molar-refractivity contribution is -0.117. The fraction of sp³-hybridized carbons (Fsp3) is 0.615. The molecule has 166 valence electrons. The van der Waals surface area contributed by atoms with Gasteiger partial charge in [0.25, 0.3) is 0 Å². The molecule has 0 aliphatic rings. The number of nitrogens with one attached hydrogen (secondary N) is 2. The topological polar surface area (TPSA) is 58.2 Å². The number of hydrogen-bond donors (Lipinski definition) is 2. The molecule has 1 aromatic carbocycles. The summed E-state index contributed by atoms with van der Waals surface area (Å²) >= 11 is 0. The molecule has 0 saturated carbocycles. The van der Waals surface area contributed by atoms with Crippen molar-refractivity contribution in [3.63, 3.8) is 0 Å². The number of carbonyl (C=O) groups is 2. The number of rotatable bonds is 16. The van der Waals surface area contributed by atoms with Crippen molar-refractivity contribution in [1.82, 2.24) is 0 Å². The average molecular weight is 413 g/mol. The summed E-state index contributed by atoms with van der Waals surface area (Å²) in [6, 6.07) is 5.31. The zero-order chi connectivity index (χ0) is 22.0. The van der Waals surface area contributed by atoms with E-state index in [1.165, 1.54) is 51.4 Å². The molecule has 0 heterocycles. The smallest absolute Gasteiger partial charge is 0.224 e. The summed E-state index contributed by atoms with van der Waals surface area (Å²) in [6.45, 7) is 4.40. The van der Waals surface area contributed by atoms with Crippen LogP contribution >= 0.6 is 0 Å². The second kappa shape index (κ2) is 16.5. The SMILES string of the molecule is C#Cc1cc(NC(=O)CCCCCCCC)cc(NC(=O)CCCCCCCC)c1. The van der Waals surface area contributed by atoms with Gasteiger partial charge in [-0.15, -0.1) is 6.42 Å². The number of anilines is 2. The van der Waals surface area contributed by atoms with Gasteiger partial charge >= 0.3 is 0 Å². The van der Waals surface area contributed by atoms with Gasteiger partial charge in [-0.3, -0.25) is 9.59 Å². The number of unbranched alkanes of at least 4 members (excludes halogenated alkanes) is 10. The maximum Gasteiger partial charge on any atom is 0.224 e. The molecule has 0 bridgehead atoms. The van der Waals surface area contributed by atoms with Crippen molar-refractivity contribution >= 4 is 23.2 Å². The normalized spacial score (nSPS) is 10.4. The Morgan fingerprint density at radius 1 is 0.700 bits per heavy atom. The zero-order valence-electron chi connectivity index (χ0n) is 19.0. The first-order chi connectivity index (χ1) is 14.6. The zero-order valence-corrected chi connectivity index (χ0v) is 19.0. The summed E-state index contributed by atoms with van der Waals surface area (Å²) in [7, 11) is 0. The minimum Gasteiger partial charge on any atom is -0.326 e. The molecule has 0 unspecified atom stereocenters. The molecule has 0 atom stereocenters. The van der Waals surface area contributed by atoms with Gasteiger partial charge in [-0.25, -0.2) is 0 Å². The first kappa shape index (κ1) is 25.8. The Balaban J connectivity index is 2.45. The molecular weight excluding hydrogens is 372 g/mol. The summed E-state index contributed by atoms with van der Waals surface area (Å²) < 4.78 is 0. The first-order valence-corrected chi connectivity index (χ1v) is 11.8. The third kappa shape index (κ3) is 12.3. The molecule has 4 nitrogen and oxygen atoms in total. The van der Waals surface area contributed by atoms with E-state index in [0.29, 0.717) is 29.8 Å². The second-order valence-corrected chi connectivity index (χ2v) is 8.08. The van der Waals surface area contributed by atoms with Crippen LogP contribution in [0.3, 0.4) is 0 Å². The Kier molecular flexibility index (Phi) is 14.2. The molecule has 0 aromatic heterocycles. The molecule has 4 heteroatoms. The van der Waals surface area contributed by atoms with Crippen LogP contribution in [0, 0.1) is 12.3 Å². The van der Waals surface area contributed by atoms with Gasteiger partial charge in [0.2, 0.25) is 11.8 Å². The highest BCUT2D eigenvalue weighted by Crippen LogP contribution is 2.20. The van der Waals surface area contributed by atoms with Crippen molar-refractivity contribution < 1.29 is 9.59 Å². The van der Waals surface area contributed by atoms with Crippen molar-refractivity contribution in [2.24, 2.45) is 0 Å². The van der Waals surface area contributed by atoms with E-state index in [2.05, 4.69) is 30.4 Å². The highest BCUT2D eigenvalue weighted by atomic mass is 16.2. The summed E-state index contributed by atoms with van der Waals surface area (Å²) in [6.07, 6.45) is 20.3. The van der Waals surface area contributed by atoms with E-state index in [4.69, 9.17) is 6.42 Å². The van der Waals surface area contributed by atoms with E-state index >= 15 is 0 Å². The number of benzene rings is 1. The number of amides is 2. The van der Waals surface area contributed by atoms with Gasteiger partial charge in [-0.1, -0.05) is 84.0 Å². The van der Waals surface area contributed by atoms with Crippen LogP contribution in [0.2, 0.25) is 0 Å². The van der Waals surface area contributed by atoms with Crippen molar-refractivity contribution in [3.8, 4) is 12.3 Å². The van der Waals surface area contributed by atoms with E-state index in [1.54, 1.807) is 18.2 Å². The monoisotopic (exact) mass is 412 g/mol. The van der Waals surface area contributed by atoms with E-state index in [1.807, 2.05) is 0 Å². The van der Waals surface area contributed by atoms with Crippen LogP contribution in [0.5, 0.6) is 0 Å². The molecule has 1 aromatic rings. The van der Waals surface area contributed by atoms with Gasteiger partial charge < -0.3 is 10.6 Å². The lowest BCUT2D eigenvalue weighted by Gasteiger charge is -2.10. The lowest BCUT2D eigenvalue weighted by atomic mass is 10.1. The van der Waals surface area contributed by atoms with E-state index in [9.17, 15) is 9.59 Å². The van der Waals surface area contributed by atoms with Crippen LogP contribution in [-0.4, -0.2) is 11.8 Å². The predicted molar refractivity (Wildman–Crippen MR) is 128 cm³/mol. The Hall–Kier alpha value is -2.28. The minimum absolute atomic E-state index is 0.0102. The molecular formula is C26H40N2O2. The van der Waals surface area contributed by atoms with E-state index in [0.717, 1.165) is 25.7 Å². The molecule has 1 rings (SSSR count). The van der Waals surface area contributed by atoms with Gasteiger partial charge in [0.1, 0.15) is 0 Å². The molecule has 0 spiro atoms. The van der Waals surface area contributed by atoms with Gasteiger partial charge in [-0.05, 0) is 31.0 Å². The summed E-state index contributed by atoms with van der Waals surface area (Å²) in [5, 5.41) is 5.84. The first-order valence-electron chi connectivity index (χ1n) is 11.8. The highest BCUT2D eigenvalue weighted by Gasteiger charge is 2.08. The molecule has 2 N–H and O–H groups in total. The molecule has 0 aliphatic carbocycles. The van der Waals surface area contributed by atoms with Crippen molar-refractivity contribution in [2.75, 3.05) is 10.6 Å². The molecule has 0 radical (unpaired) electrons. The second-order valence-electron chi connectivity index (χ2n) is 8.08. The summed E-state index contributed by atoms with van der Waals surface area (Å²) in [4.78, 5) is 24.5. The standard InChI is InChI=1S/C26H40N2O2/c1-4-7-9-11-13-15-17-25(29)27-23-19-22(6-3)20-24(21-23)28-26(30)18-16-14-12-10-8-5-2/h3,19-21H,4-5,7-18H2,1-2H3,(H,27,29)(H,28,30). The van der Waals surface area contributed by atoms with E-state index < -0.39 is 0 Å². The van der Waals surface area contributed by atoms with Gasteiger partial charge in [0.15, 0.2) is 0 Å². The fourth-order valence-corrected chi connectivity index (χ4v) is 3.43. The van der Waals surface area contributed by atoms with Gasteiger partial charge in [0.05, 0.1) is 0 Å². The minimum atomic E-state index is -0.0102. The molecule has 0 fully saturated rings. The summed E-state index contributed by atoms with van der Waals surface area (Å²) in [5.41, 5.74) is 1.91. The maximum atomic E-state index is 12.2. The molecule has 2 amide bonds. The van der Waals surface area contributed by atoms with Crippen LogP contribution < -0.4 is 10.6 Å². The maximum absolute atomic E-state index is 12.2. The Morgan fingerprint density at radius 2 is 1.10 bits per heavy atom. The average Bonchev–Trinajstić information content (AvgIpc) is 2.72. The van der Waals surface area contributed by atoms with Gasteiger partial charge in [0, 0.05) is 29.8 Å². The number of carbonyl (C=O) groups excluding carboxylic acids is 2. The van der Waals surface area contributed by atoms with Crippen molar-refractivity contribution in [2.45, 2.75) is 104 Å². The fourth-order valence-electron chi connectivity index (χ4n) is 3.43. The lowest BCUT2D eigenvalue weighted by Crippen LogP contribution is -2.14. The quantitative estimate of drug-likeness (QED) is 0.226. The van der Waals surface area contributed by atoms with Crippen molar-refractivity contribution in [1.29, 1.82) is 0 Å². The Morgan fingerprint density at radius 3 is 1.50 bits per heavy atom. The highest BCUT2D eigenvalue weighted by molar-refractivity contribution is 5.94. The largest absolute Gasteiger partial charge is 0.326 e. The Bertz CT molecular complexity index is 628. The van der Waals surface area contributed by atoms with Crippen LogP contribution in [0.15, 0.2) is 18.2 Å². The van der Waals surface area contributed by atoms with Gasteiger partial charge in [-0.2, -0.15) is 0 Å². The van der Waals surface area contributed by atoms with Crippen LogP contribution in [-0.2, 0) is 9.59 Å². The van der Waals surface area contributed by atoms with Crippen LogP contribution in [0.1, 0.15) is 109 Å². The Labute approximate surface area is 183 Å². The van der Waals surface area contributed by atoms with Crippen LogP contribution in [0.25, 0.3) is 0 Å². The van der Waals surface area contributed by atoms with Crippen LogP contribution in [0.4, 0.5) is 11.4 Å². The van der Waals surface area contributed by atoms with E-state index in [-0.39, 0.29) is 11.8 Å². The summed E-state index contributed by atoms with van der Waals surface area (Å²) in [5.74, 6) is 2.58. The van der Waals surface area contributed by atoms with Crippen molar-refractivity contribution in [3.05, 3.63) is 23.8 Å². The molecule has 0 saturated heterocycles.